The fourth-order valence-corrected chi connectivity index (χ4v) is 2.40. The van der Waals surface area contributed by atoms with Crippen LogP contribution in [0.1, 0.15) is 44.0 Å². The second kappa shape index (κ2) is 6.13. The van der Waals surface area contributed by atoms with E-state index in [2.05, 4.69) is 50.5 Å². The number of hydrogen-bond donors (Lipinski definition) is 2. The van der Waals surface area contributed by atoms with Crippen LogP contribution in [0.25, 0.3) is 10.9 Å². The van der Waals surface area contributed by atoms with Crippen molar-refractivity contribution in [2.75, 3.05) is 0 Å². The molecule has 2 aromatic rings. The molecule has 0 radical (unpaired) electrons. The Morgan fingerprint density at radius 2 is 2.05 bits per heavy atom. The number of nitrogens with zero attached hydrogens (tertiary/aromatic N) is 1. The maximum absolute atomic E-state index is 5.71. The predicted molar refractivity (Wildman–Crippen MR) is 80.6 cm³/mol. The molecular weight excluding hydrogens is 234 g/mol. The third kappa shape index (κ3) is 3.11. The summed E-state index contributed by atoms with van der Waals surface area (Å²) in [6, 6.07) is 10.5. The monoisotopic (exact) mass is 257 g/mol. The maximum Gasteiger partial charge on any atom is 0.0708 e. The molecule has 3 N–H and O–H groups in total. The van der Waals surface area contributed by atoms with E-state index in [1.54, 1.807) is 0 Å². The minimum Gasteiger partial charge on any atom is -0.271 e. The molecule has 0 spiro atoms. The average molecular weight is 257 g/mol. The van der Waals surface area contributed by atoms with Crippen LogP contribution in [0.2, 0.25) is 0 Å². The number of rotatable bonds is 5. The summed E-state index contributed by atoms with van der Waals surface area (Å²) in [6.45, 7) is 6.58. The fraction of sp³-hybridized carbons (Fsp3) is 0.438. The van der Waals surface area contributed by atoms with E-state index in [1.165, 1.54) is 10.9 Å². The average Bonchev–Trinajstić information content (AvgIpc) is 2.44. The Kier molecular flexibility index (Phi) is 4.51. The molecule has 3 nitrogen and oxygen atoms in total. The first-order valence-electron chi connectivity index (χ1n) is 6.98. The van der Waals surface area contributed by atoms with Gasteiger partial charge in [0.15, 0.2) is 0 Å². The molecular formula is C16H23N3. The first-order chi connectivity index (χ1) is 9.15. The molecule has 0 aliphatic carbocycles. The number of benzene rings is 1. The Labute approximate surface area is 115 Å². The van der Waals surface area contributed by atoms with Gasteiger partial charge in [-0.3, -0.25) is 16.3 Å². The Hall–Kier alpha value is -1.45. The van der Waals surface area contributed by atoms with Crippen LogP contribution in [-0.2, 0) is 0 Å². The van der Waals surface area contributed by atoms with Gasteiger partial charge in [0.05, 0.1) is 17.3 Å². The van der Waals surface area contributed by atoms with Crippen LogP contribution in [0.3, 0.4) is 0 Å². The number of fused-ring (bicyclic) bond motifs is 1. The van der Waals surface area contributed by atoms with Crippen molar-refractivity contribution in [3.8, 4) is 0 Å². The first-order valence-corrected chi connectivity index (χ1v) is 6.98. The number of nitrogens with two attached hydrogens (primary N) is 1. The second-order valence-electron chi connectivity index (χ2n) is 5.35. The minimum absolute atomic E-state index is 0.123. The number of nitrogens with one attached hydrogen (secondary N) is 1. The lowest BCUT2D eigenvalue weighted by atomic mass is 9.96. The molecule has 1 heterocycles. The molecule has 2 rings (SSSR count). The Bertz CT molecular complexity index is 551. The van der Waals surface area contributed by atoms with Crippen LogP contribution in [-0.4, -0.2) is 4.98 Å². The van der Waals surface area contributed by atoms with Gasteiger partial charge in [-0.2, -0.15) is 0 Å². The smallest absolute Gasteiger partial charge is 0.0708 e. The van der Waals surface area contributed by atoms with Crippen LogP contribution in [0.4, 0.5) is 0 Å². The number of hydrogen-bond acceptors (Lipinski definition) is 3. The zero-order valence-electron chi connectivity index (χ0n) is 12.0. The van der Waals surface area contributed by atoms with E-state index in [0.717, 1.165) is 24.1 Å². The molecule has 2 unspecified atom stereocenters. The first kappa shape index (κ1) is 14.0. The largest absolute Gasteiger partial charge is 0.271 e. The van der Waals surface area contributed by atoms with Gasteiger partial charge in [0, 0.05) is 5.39 Å². The maximum atomic E-state index is 5.71. The lowest BCUT2D eigenvalue weighted by Gasteiger charge is -2.20. The third-order valence-electron chi connectivity index (χ3n) is 3.84. The van der Waals surface area contributed by atoms with Gasteiger partial charge < -0.3 is 0 Å². The molecule has 19 heavy (non-hydrogen) atoms. The van der Waals surface area contributed by atoms with Gasteiger partial charge in [-0.25, -0.2) is 0 Å². The van der Waals surface area contributed by atoms with Gasteiger partial charge >= 0.3 is 0 Å². The minimum atomic E-state index is 0.123. The summed E-state index contributed by atoms with van der Waals surface area (Å²) < 4.78 is 0. The quantitative estimate of drug-likeness (QED) is 0.637. The van der Waals surface area contributed by atoms with E-state index < -0.39 is 0 Å². The van der Waals surface area contributed by atoms with Crippen molar-refractivity contribution in [1.82, 2.24) is 10.4 Å². The van der Waals surface area contributed by atoms with Gasteiger partial charge in [0.1, 0.15) is 0 Å². The lowest BCUT2D eigenvalue weighted by Crippen LogP contribution is -2.30. The van der Waals surface area contributed by atoms with E-state index in [-0.39, 0.29) is 6.04 Å². The number of hydrazine groups is 1. The van der Waals surface area contributed by atoms with Gasteiger partial charge in [0.2, 0.25) is 0 Å². The Morgan fingerprint density at radius 1 is 1.32 bits per heavy atom. The Balaban J connectivity index is 2.38. The van der Waals surface area contributed by atoms with Crippen LogP contribution >= 0.6 is 0 Å². The lowest BCUT2D eigenvalue weighted by molar-refractivity contribution is 0.402. The molecule has 1 aromatic carbocycles. The highest BCUT2D eigenvalue weighted by atomic mass is 15.2. The molecule has 3 heteroatoms. The number of pyridine rings is 1. The zero-order chi connectivity index (χ0) is 13.8. The third-order valence-corrected chi connectivity index (χ3v) is 3.84. The summed E-state index contributed by atoms with van der Waals surface area (Å²) in [5.41, 5.74) is 6.25. The molecule has 2 atom stereocenters. The summed E-state index contributed by atoms with van der Waals surface area (Å²) in [5, 5.41) is 1.21. The van der Waals surface area contributed by atoms with Gasteiger partial charge in [-0.1, -0.05) is 38.5 Å². The molecule has 0 bridgehead atoms. The van der Waals surface area contributed by atoms with Gasteiger partial charge in [-0.15, -0.1) is 0 Å². The molecule has 0 aliphatic rings. The topological polar surface area (TPSA) is 50.9 Å². The van der Waals surface area contributed by atoms with Crippen molar-refractivity contribution >= 4 is 10.9 Å². The summed E-state index contributed by atoms with van der Waals surface area (Å²) in [4.78, 5) is 4.75. The number of aryl methyl sites for hydroxylation is 1. The van der Waals surface area contributed by atoms with Crippen LogP contribution in [0.15, 0.2) is 30.3 Å². The van der Waals surface area contributed by atoms with Crippen molar-refractivity contribution in [2.45, 2.75) is 39.7 Å². The van der Waals surface area contributed by atoms with Gasteiger partial charge in [-0.05, 0) is 37.0 Å². The zero-order valence-corrected chi connectivity index (χ0v) is 12.0. The molecule has 1 aromatic heterocycles. The van der Waals surface area contributed by atoms with Crippen LogP contribution < -0.4 is 11.3 Å². The van der Waals surface area contributed by atoms with Crippen molar-refractivity contribution in [1.29, 1.82) is 0 Å². The summed E-state index contributed by atoms with van der Waals surface area (Å²) >= 11 is 0. The van der Waals surface area contributed by atoms with Crippen molar-refractivity contribution in [3.05, 3.63) is 41.6 Å². The summed E-state index contributed by atoms with van der Waals surface area (Å²) in [5.74, 6) is 6.35. The molecule has 0 saturated carbocycles. The Morgan fingerprint density at radius 3 is 2.74 bits per heavy atom. The fourth-order valence-electron chi connectivity index (χ4n) is 2.40. The highest BCUT2D eigenvalue weighted by Crippen LogP contribution is 2.25. The summed E-state index contributed by atoms with van der Waals surface area (Å²) in [7, 11) is 0. The van der Waals surface area contributed by atoms with Gasteiger partial charge in [0.25, 0.3) is 0 Å². The molecule has 0 saturated heterocycles. The highest BCUT2D eigenvalue weighted by Gasteiger charge is 2.15. The van der Waals surface area contributed by atoms with E-state index in [9.17, 15) is 0 Å². The van der Waals surface area contributed by atoms with E-state index in [4.69, 9.17) is 10.8 Å². The van der Waals surface area contributed by atoms with E-state index >= 15 is 0 Å². The summed E-state index contributed by atoms with van der Waals surface area (Å²) in [6.07, 6.45) is 2.17. The predicted octanol–water partition coefficient (Wildman–Crippen LogP) is 3.48. The van der Waals surface area contributed by atoms with Crippen LogP contribution in [0.5, 0.6) is 0 Å². The number of aromatic nitrogens is 1. The standard InChI is InChI=1S/C16H23N3/c1-4-11(2)9-16(19-17)15-10-12(3)13-7-5-6-8-14(13)18-15/h5-8,10-11,16,19H,4,9,17H2,1-3H3. The van der Waals surface area contributed by atoms with Crippen molar-refractivity contribution < 1.29 is 0 Å². The van der Waals surface area contributed by atoms with E-state index in [0.29, 0.717) is 5.92 Å². The highest BCUT2D eigenvalue weighted by molar-refractivity contribution is 5.82. The SMILES string of the molecule is CCC(C)CC(NN)c1cc(C)c2ccccc2n1. The molecule has 0 aliphatic heterocycles. The molecule has 102 valence electrons. The van der Waals surface area contributed by atoms with Crippen molar-refractivity contribution in [3.63, 3.8) is 0 Å². The van der Waals surface area contributed by atoms with Crippen LogP contribution in [0, 0.1) is 12.8 Å². The molecule has 0 amide bonds. The normalized spacial score (nSPS) is 14.5. The van der Waals surface area contributed by atoms with E-state index in [1.807, 2.05) is 6.07 Å². The second-order valence-corrected chi connectivity index (χ2v) is 5.35. The molecule has 0 fully saturated rings. The van der Waals surface area contributed by atoms with Crippen molar-refractivity contribution in [2.24, 2.45) is 11.8 Å². The number of para-hydroxylation sites is 1.